The van der Waals surface area contributed by atoms with Crippen LogP contribution in [0.2, 0.25) is 0 Å². The maximum absolute atomic E-state index is 13.0. The minimum Gasteiger partial charge on any atom is -0.378 e. The molecule has 3 aliphatic rings. The second kappa shape index (κ2) is 7.37. The van der Waals surface area contributed by atoms with E-state index in [0.717, 1.165) is 19.6 Å². The SMILES string of the molecule is CCOC1CC(N)(C(=O)NCC2(N3CCSCC3)CCCC2)C1(C)C. The Labute approximate surface area is 156 Å². The van der Waals surface area contributed by atoms with Crippen LogP contribution in [0.1, 0.15) is 52.9 Å². The van der Waals surface area contributed by atoms with Crippen molar-refractivity contribution < 1.29 is 9.53 Å². The van der Waals surface area contributed by atoms with Gasteiger partial charge in [0.2, 0.25) is 5.91 Å². The number of amides is 1. The van der Waals surface area contributed by atoms with Gasteiger partial charge in [0, 0.05) is 55.1 Å². The van der Waals surface area contributed by atoms with Crippen LogP contribution in [0.5, 0.6) is 0 Å². The monoisotopic (exact) mass is 369 g/mol. The number of carbonyl (C=O) groups excluding carboxylic acids is 1. The first-order valence-electron chi connectivity index (χ1n) is 9.87. The molecule has 0 radical (unpaired) electrons. The lowest BCUT2D eigenvalue weighted by Gasteiger charge is -2.57. The highest BCUT2D eigenvalue weighted by molar-refractivity contribution is 7.99. The molecule has 2 saturated carbocycles. The number of hydrogen-bond donors (Lipinski definition) is 2. The second-order valence-electron chi connectivity index (χ2n) is 8.55. The minimum atomic E-state index is -0.815. The quantitative estimate of drug-likeness (QED) is 0.749. The van der Waals surface area contributed by atoms with E-state index >= 15 is 0 Å². The van der Waals surface area contributed by atoms with Gasteiger partial charge in [0.1, 0.15) is 5.54 Å². The number of carbonyl (C=O) groups is 1. The normalized spacial score (nSPS) is 34.5. The summed E-state index contributed by atoms with van der Waals surface area (Å²) < 4.78 is 5.76. The van der Waals surface area contributed by atoms with Gasteiger partial charge in [0.15, 0.2) is 0 Å². The van der Waals surface area contributed by atoms with Gasteiger partial charge in [-0.1, -0.05) is 26.7 Å². The molecule has 144 valence electrons. The first kappa shape index (κ1) is 19.5. The third-order valence-electron chi connectivity index (χ3n) is 7.03. The van der Waals surface area contributed by atoms with E-state index in [-0.39, 0.29) is 23.0 Å². The van der Waals surface area contributed by atoms with Crippen molar-refractivity contribution >= 4 is 17.7 Å². The van der Waals surface area contributed by atoms with Crippen molar-refractivity contribution in [3.8, 4) is 0 Å². The van der Waals surface area contributed by atoms with Crippen LogP contribution in [0.3, 0.4) is 0 Å². The summed E-state index contributed by atoms with van der Waals surface area (Å²) in [5.74, 6) is 2.42. The van der Waals surface area contributed by atoms with Crippen molar-refractivity contribution in [3.63, 3.8) is 0 Å². The summed E-state index contributed by atoms with van der Waals surface area (Å²) in [6.45, 7) is 9.81. The largest absolute Gasteiger partial charge is 0.378 e. The number of nitrogens with two attached hydrogens (primary N) is 1. The summed E-state index contributed by atoms with van der Waals surface area (Å²) in [5.41, 5.74) is 5.56. The van der Waals surface area contributed by atoms with Crippen molar-refractivity contribution in [2.24, 2.45) is 11.1 Å². The van der Waals surface area contributed by atoms with Crippen LogP contribution in [-0.4, -0.2) is 65.7 Å². The van der Waals surface area contributed by atoms with Crippen LogP contribution in [0.15, 0.2) is 0 Å². The summed E-state index contributed by atoms with van der Waals surface area (Å²) in [5, 5.41) is 3.26. The van der Waals surface area contributed by atoms with E-state index in [1.165, 1.54) is 37.2 Å². The number of nitrogens with zero attached hydrogens (tertiary/aromatic N) is 1. The molecule has 6 heteroatoms. The molecule has 25 heavy (non-hydrogen) atoms. The van der Waals surface area contributed by atoms with Crippen molar-refractivity contribution in [2.45, 2.75) is 70.1 Å². The molecule has 0 aromatic heterocycles. The molecule has 3 fully saturated rings. The zero-order valence-electron chi connectivity index (χ0n) is 16.1. The van der Waals surface area contributed by atoms with E-state index in [1.54, 1.807) is 0 Å². The molecule has 3 N–H and O–H groups in total. The Morgan fingerprint density at radius 1 is 1.28 bits per heavy atom. The molecular formula is C19H35N3O2S. The molecule has 0 spiro atoms. The molecule has 0 aromatic rings. The second-order valence-corrected chi connectivity index (χ2v) is 9.78. The molecule has 0 aromatic carbocycles. The molecule has 0 bridgehead atoms. The predicted octanol–water partition coefficient (Wildman–Crippen LogP) is 2.00. The van der Waals surface area contributed by atoms with E-state index in [1.807, 2.05) is 18.7 Å². The highest BCUT2D eigenvalue weighted by Crippen LogP contribution is 2.50. The lowest BCUT2D eigenvalue weighted by molar-refractivity contribution is -0.171. The average molecular weight is 370 g/mol. The smallest absolute Gasteiger partial charge is 0.240 e. The lowest BCUT2D eigenvalue weighted by atomic mass is 9.54. The fourth-order valence-corrected chi connectivity index (χ4v) is 5.80. The van der Waals surface area contributed by atoms with E-state index in [9.17, 15) is 4.79 Å². The van der Waals surface area contributed by atoms with Gasteiger partial charge >= 0.3 is 0 Å². The molecule has 2 unspecified atom stereocenters. The number of thioether (sulfide) groups is 1. The van der Waals surface area contributed by atoms with Gasteiger partial charge in [-0.25, -0.2) is 0 Å². The van der Waals surface area contributed by atoms with Crippen LogP contribution in [0, 0.1) is 5.41 Å². The van der Waals surface area contributed by atoms with E-state index in [4.69, 9.17) is 10.5 Å². The fourth-order valence-electron chi connectivity index (χ4n) is 4.90. The minimum absolute atomic E-state index is 0.00566. The van der Waals surface area contributed by atoms with Crippen LogP contribution < -0.4 is 11.1 Å². The Morgan fingerprint density at radius 3 is 2.48 bits per heavy atom. The van der Waals surface area contributed by atoms with Crippen molar-refractivity contribution in [1.82, 2.24) is 10.2 Å². The van der Waals surface area contributed by atoms with Crippen LogP contribution in [0.4, 0.5) is 0 Å². The number of hydrogen-bond acceptors (Lipinski definition) is 5. The van der Waals surface area contributed by atoms with Gasteiger partial charge in [0.05, 0.1) is 6.10 Å². The third kappa shape index (κ3) is 3.35. The molecule has 2 aliphatic carbocycles. The van der Waals surface area contributed by atoms with E-state index in [2.05, 4.69) is 24.1 Å². The Morgan fingerprint density at radius 2 is 1.92 bits per heavy atom. The topological polar surface area (TPSA) is 67.6 Å². The fraction of sp³-hybridized carbons (Fsp3) is 0.947. The molecule has 1 saturated heterocycles. The summed E-state index contributed by atoms with van der Waals surface area (Å²) in [6, 6.07) is 0. The van der Waals surface area contributed by atoms with Gasteiger partial charge in [-0.2, -0.15) is 11.8 Å². The van der Waals surface area contributed by atoms with Gasteiger partial charge in [-0.15, -0.1) is 0 Å². The first-order valence-corrected chi connectivity index (χ1v) is 11.0. The Bertz CT molecular complexity index is 487. The predicted molar refractivity (Wildman–Crippen MR) is 104 cm³/mol. The van der Waals surface area contributed by atoms with E-state index < -0.39 is 5.54 Å². The standard InChI is InChI=1S/C19H35N3O2S/c1-4-24-15-13-19(20,17(15,2)3)16(23)21-14-18(7-5-6-8-18)22-9-11-25-12-10-22/h15H,4-14,20H2,1-3H3,(H,21,23). The highest BCUT2D eigenvalue weighted by Gasteiger charge is 2.63. The van der Waals surface area contributed by atoms with Crippen molar-refractivity contribution in [2.75, 3.05) is 37.7 Å². The molecule has 1 aliphatic heterocycles. The maximum Gasteiger partial charge on any atom is 0.240 e. The van der Waals surface area contributed by atoms with Crippen molar-refractivity contribution in [1.29, 1.82) is 0 Å². The molecule has 3 rings (SSSR count). The van der Waals surface area contributed by atoms with Gasteiger partial charge < -0.3 is 15.8 Å². The van der Waals surface area contributed by atoms with Crippen LogP contribution in [0.25, 0.3) is 0 Å². The number of ether oxygens (including phenoxy) is 1. The highest BCUT2D eigenvalue weighted by atomic mass is 32.2. The van der Waals surface area contributed by atoms with Gasteiger partial charge in [0.25, 0.3) is 0 Å². The van der Waals surface area contributed by atoms with Crippen molar-refractivity contribution in [3.05, 3.63) is 0 Å². The Hall–Kier alpha value is -0.300. The molecular weight excluding hydrogens is 334 g/mol. The van der Waals surface area contributed by atoms with Crippen LogP contribution >= 0.6 is 11.8 Å². The summed E-state index contributed by atoms with van der Waals surface area (Å²) in [6.07, 6.45) is 5.62. The molecule has 2 atom stereocenters. The zero-order valence-corrected chi connectivity index (χ0v) is 16.9. The van der Waals surface area contributed by atoms with Crippen LogP contribution in [-0.2, 0) is 9.53 Å². The zero-order chi connectivity index (χ0) is 18.1. The number of nitrogens with one attached hydrogen (secondary N) is 1. The molecule has 1 amide bonds. The van der Waals surface area contributed by atoms with Gasteiger partial charge in [-0.05, 0) is 19.8 Å². The summed E-state index contributed by atoms with van der Waals surface area (Å²) in [7, 11) is 0. The number of rotatable bonds is 6. The molecule has 1 heterocycles. The van der Waals surface area contributed by atoms with Gasteiger partial charge in [-0.3, -0.25) is 9.69 Å². The van der Waals surface area contributed by atoms with E-state index in [0.29, 0.717) is 13.0 Å². The first-order chi connectivity index (χ1) is 11.9. The Kier molecular flexibility index (Phi) is 5.74. The maximum atomic E-state index is 13.0. The lowest BCUT2D eigenvalue weighted by Crippen LogP contribution is -2.76. The average Bonchev–Trinajstić information content (AvgIpc) is 3.10. The summed E-state index contributed by atoms with van der Waals surface area (Å²) in [4.78, 5) is 15.6. The third-order valence-corrected chi connectivity index (χ3v) is 7.97. The summed E-state index contributed by atoms with van der Waals surface area (Å²) >= 11 is 2.04. The Balaban J connectivity index is 1.62. The molecule has 5 nitrogen and oxygen atoms in total.